The van der Waals surface area contributed by atoms with Crippen LogP contribution in [0.15, 0.2) is 71.9 Å². The SMILES string of the molecule is CCn1cnc2c(c(-c3ccccc3)cn2-c2ccc(OC)cc2)c1=O. The van der Waals surface area contributed by atoms with E-state index in [1.165, 1.54) is 0 Å². The van der Waals surface area contributed by atoms with Gasteiger partial charge < -0.3 is 9.30 Å². The average molecular weight is 345 g/mol. The van der Waals surface area contributed by atoms with Crippen molar-refractivity contribution in [2.75, 3.05) is 7.11 Å². The molecule has 0 unspecified atom stereocenters. The minimum Gasteiger partial charge on any atom is -0.497 e. The first-order valence-corrected chi connectivity index (χ1v) is 8.53. The molecule has 0 aliphatic carbocycles. The summed E-state index contributed by atoms with van der Waals surface area (Å²) in [5.74, 6) is 0.787. The highest BCUT2D eigenvalue weighted by Gasteiger charge is 2.17. The third kappa shape index (κ3) is 2.58. The third-order valence-electron chi connectivity index (χ3n) is 4.55. The van der Waals surface area contributed by atoms with Crippen LogP contribution in [-0.4, -0.2) is 21.2 Å². The topological polar surface area (TPSA) is 49.0 Å². The number of hydrogen-bond acceptors (Lipinski definition) is 3. The Bertz CT molecular complexity index is 1110. The summed E-state index contributed by atoms with van der Waals surface area (Å²) < 4.78 is 8.83. The number of nitrogens with zero attached hydrogens (tertiary/aromatic N) is 3. The average Bonchev–Trinajstić information content (AvgIpc) is 3.09. The van der Waals surface area contributed by atoms with Crippen LogP contribution < -0.4 is 10.3 Å². The van der Waals surface area contributed by atoms with Crippen LogP contribution in [0, 0.1) is 0 Å². The summed E-state index contributed by atoms with van der Waals surface area (Å²) >= 11 is 0. The van der Waals surface area contributed by atoms with E-state index in [2.05, 4.69) is 4.98 Å². The Morgan fingerprint density at radius 2 is 1.77 bits per heavy atom. The molecule has 4 aromatic rings. The molecule has 0 atom stereocenters. The molecule has 0 amide bonds. The maximum absolute atomic E-state index is 13.0. The summed E-state index contributed by atoms with van der Waals surface area (Å²) in [6.07, 6.45) is 3.59. The van der Waals surface area contributed by atoms with Gasteiger partial charge in [0, 0.05) is 24.0 Å². The van der Waals surface area contributed by atoms with Crippen molar-refractivity contribution in [2.24, 2.45) is 0 Å². The Kier molecular flexibility index (Phi) is 4.05. The zero-order chi connectivity index (χ0) is 18.1. The van der Waals surface area contributed by atoms with Crippen LogP contribution in [0.25, 0.3) is 27.8 Å². The van der Waals surface area contributed by atoms with Gasteiger partial charge in [-0.1, -0.05) is 30.3 Å². The lowest BCUT2D eigenvalue weighted by Gasteiger charge is -2.06. The molecular formula is C21H19N3O2. The molecule has 0 N–H and O–H groups in total. The summed E-state index contributed by atoms with van der Waals surface area (Å²) in [6.45, 7) is 2.53. The lowest BCUT2D eigenvalue weighted by molar-refractivity contribution is 0.415. The molecule has 5 nitrogen and oxygen atoms in total. The van der Waals surface area contributed by atoms with Gasteiger partial charge in [-0.3, -0.25) is 9.36 Å². The van der Waals surface area contributed by atoms with Crippen LogP contribution in [0.1, 0.15) is 6.92 Å². The van der Waals surface area contributed by atoms with E-state index in [-0.39, 0.29) is 5.56 Å². The first-order valence-electron chi connectivity index (χ1n) is 8.53. The maximum Gasteiger partial charge on any atom is 0.263 e. The Balaban J connectivity index is 2.03. The van der Waals surface area contributed by atoms with E-state index < -0.39 is 0 Å². The number of aromatic nitrogens is 3. The molecule has 0 saturated carbocycles. The summed E-state index contributed by atoms with van der Waals surface area (Å²) in [7, 11) is 1.64. The van der Waals surface area contributed by atoms with E-state index in [0.717, 1.165) is 22.6 Å². The third-order valence-corrected chi connectivity index (χ3v) is 4.55. The summed E-state index contributed by atoms with van der Waals surface area (Å²) in [5.41, 5.74) is 3.45. The maximum atomic E-state index is 13.0. The van der Waals surface area contributed by atoms with Gasteiger partial charge in [0.15, 0.2) is 5.65 Å². The molecule has 26 heavy (non-hydrogen) atoms. The zero-order valence-corrected chi connectivity index (χ0v) is 14.7. The molecule has 0 aliphatic rings. The Labute approximate surface area is 151 Å². The molecule has 0 radical (unpaired) electrons. The molecule has 5 heteroatoms. The number of ether oxygens (including phenoxy) is 1. The molecule has 0 fully saturated rings. The Morgan fingerprint density at radius 1 is 1.04 bits per heavy atom. The number of methoxy groups -OCH3 is 1. The number of aryl methyl sites for hydroxylation is 1. The first-order chi connectivity index (χ1) is 12.7. The molecule has 130 valence electrons. The molecular weight excluding hydrogens is 326 g/mol. The van der Waals surface area contributed by atoms with Crippen LogP contribution in [-0.2, 0) is 6.54 Å². The molecule has 2 heterocycles. The van der Waals surface area contributed by atoms with Crippen molar-refractivity contribution in [1.82, 2.24) is 14.1 Å². The molecule has 2 aromatic heterocycles. The molecule has 4 rings (SSSR count). The van der Waals surface area contributed by atoms with E-state index in [4.69, 9.17) is 4.74 Å². The minimum atomic E-state index is -0.0244. The Hall–Kier alpha value is -3.34. The van der Waals surface area contributed by atoms with Gasteiger partial charge in [0.25, 0.3) is 5.56 Å². The molecule has 0 bridgehead atoms. The van der Waals surface area contributed by atoms with E-state index in [0.29, 0.717) is 17.6 Å². The van der Waals surface area contributed by atoms with Crippen LogP contribution in [0.2, 0.25) is 0 Å². The van der Waals surface area contributed by atoms with Crippen molar-refractivity contribution in [1.29, 1.82) is 0 Å². The zero-order valence-electron chi connectivity index (χ0n) is 14.7. The van der Waals surface area contributed by atoms with Gasteiger partial charge in [0.2, 0.25) is 0 Å². The number of hydrogen-bond donors (Lipinski definition) is 0. The van der Waals surface area contributed by atoms with Gasteiger partial charge in [0.1, 0.15) is 5.75 Å². The number of rotatable bonds is 4. The van der Waals surface area contributed by atoms with Crippen molar-refractivity contribution in [3.63, 3.8) is 0 Å². The highest BCUT2D eigenvalue weighted by molar-refractivity contribution is 5.94. The Morgan fingerprint density at radius 3 is 2.42 bits per heavy atom. The van der Waals surface area contributed by atoms with Crippen molar-refractivity contribution in [3.05, 3.63) is 77.5 Å². The second-order valence-corrected chi connectivity index (χ2v) is 6.01. The fourth-order valence-corrected chi connectivity index (χ4v) is 3.16. The monoisotopic (exact) mass is 345 g/mol. The molecule has 2 aromatic carbocycles. The lowest BCUT2D eigenvalue weighted by atomic mass is 10.1. The van der Waals surface area contributed by atoms with Crippen LogP contribution in [0.5, 0.6) is 5.75 Å². The fourth-order valence-electron chi connectivity index (χ4n) is 3.16. The molecule has 0 spiro atoms. The minimum absolute atomic E-state index is 0.0244. The van der Waals surface area contributed by atoms with Crippen molar-refractivity contribution >= 4 is 11.0 Å². The standard InChI is InChI=1S/C21H19N3O2/c1-3-23-14-22-20-19(21(23)25)18(15-7-5-4-6-8-15)13-24(20)16-9-11-17(26-2)12-10-16/h4-14H,3H2,1-2H3. The fraction of sp³-hybridized carbons (Fsp3) is 0.143. The summed E-state index contributed by atoms with van der Waals surface area (Å²) in [6, 6.07) is 17.6. The summed E-state index contributed by atoms with van der Waals surface area (Å²) in [5, 5.41) is 0.636. The largest absolute Gasteiger partial charge is 0.497 e. The van der Waals surface area contributed by atoms with Gasteiger partial charge in [-0.25, -0.2) is 4.98 Å². The quantitative estimate of drug-likeness (QED) is 0.564. The van der Waals surface area contributed by atoms with Crippen LogP contribution in [0.4, 0.5) is 0 Å². The highest BCUT2D eigenvalue weighted by Crippen LogP contribution is 2.30. The second kappa shape index (κ2) is 6.52. The van der Waals surface area contributed by atoms with Crippen molar-refractivity contribution in [2.45, 2.75) is 13.5 Å². The number of fused-ring (bicyclic) bond motifs is 1. The van der Waals surface area contributed by atoms with Gasteiger partial charge in [-0.15, -0.1) is 0 Å². The molecule has 0 aliphatic heterocycles. The summed E-state index contributed by atoms with van der Waals surface area (Å²) in [4.78, 5) is 17.6. The van der Waals surface area contributed by atoms with E-state index in [9.17, 15) is 4.79 Å². The van der Waals surface area contributed by atoms with Crippen LogP contribution in [0.3, 0.4) is 0 Å². The van der Waals surface area contributed by atoms with Gasteiger partial charge in [-0.2, -0.15) is 0 Å². The van der Waals surface area contributed by atoms with Gasteiger partial charge in [0.05, 0.1) is 18.8 Å². The predicted molar refractivity (Wildman–Crippen MR) is 103 cm³/mol. The van der Waals surface area contributed by atoms with Crippen molar-refractivity contribution in [3.8, 4) is 22.6 Å². The number of benzene rings is 2. The normalized spacial score (nSPS) is 11.0. The second-order valence-electron chi connectivity index (χ2n) is 6.01. The smallest absolute Gasteiger partial charge is 0.263 e. The van der Waals surface area contributed by atoms with Gasteiger partial charge >= 0.3 is 0 Å². The van der Waals surface area contributed by atoms with Crippen LogP contribution >= 0.6 is 0 Å². The molecule has 0 saturated heterocycles. The van der Waals surface area contributed by atoms with Gasteiger partial charge in [-0.05, 0) is 36.8 Å². The lowest BCUT2D eigenvalue weighted by Crippen LogP contribution is -2.19. The van der Waals surface area contributed by atoms with Crippen molar-refractivity contribution < 1.29 is 4.74 Å². The first kappa shape index (κ1) is 16.1. The van der Waals surface area contributed by atoms with E-state index in [1.807, 2.05) is 72.3 Å². The highest BCUT2D eigenvalue weighted by atomic mass is 16.5. The predicted octanol–water partition coefficient (Wildman–Crippen LogP) is 3.88. The van der Waals surface area contributed by atoms with E-state index in [1.54, 1.807) is 18.0 Å². The van der Waals surface area contributed by atoms with E-state index >= 15 is 0 Å².